The van der Waals surface area contributed by atoms with Crippen LogP contribution in [0.1, 0.15) is 21.5 Å². The quantitative estimate of drug-likeness (QED) is 0.708. The van der Waals surface area contributed by atoms with Crippen molar-refractivity contribution in [2.45, 2.75) is 13.1 Å². The molecule has 0 spiro atoms. The molecule has 2 aromatic carbocycles. The average Bonchev–Trinajstić information content (AvgIpc) is 3.02. The van der Waals surface area contributed by atoms with Gasteiger partial charge in [0.1, 0.15) is 0 Å². The maximum atomic E-state index is 12.4. The van der Waals surface area contributed by atoms with E-state index in [0.717, 1.165) is 12.1 Å². The second kappa shape index (κ2) is 7.32. The Balaban J connectivity index is 1.63. The molecule has 1 amide bonds. The van der Waals surface area contributed by atoms with E-state index in [4.69, 9.17) is 11.6 Å². The van der Waals surface area contributed by atoms with E-state index in [-0.39, 0.29) is 5.91 Å². The maximum absolute atomic E-state index is 12.4. The highest BCUT2D eigenvalue weighted by atomic mass is 35.5. The minimum atomic E-state index is -0.0394. The largest absolute Gasteiger partial charge is 0.337 e. The summed E-state index contributed by atoms with van der Waals surface area (Å²) in [5.74, 6) is -0.0394. The van der Waals surface area contributed by atoms with Gasteiger partial charge in [-0.1, -0.05) is 41.9 Å². The normalized spacial score (nSPS) is 10.6. The fraction of sp³-hybridized carbons (Fsp3) is 0.158. The molecule has 0 saturated carbocycles. The third-order valence-electron chi connectivity index (χ3n) is 3.73. The highest BCUT2D eigenvalue weighted by molar-refractivity contribution is 6.30. The molecule has 0 aliphatic heterocycles. The van der Waals surface area contributed by atoms with Gasteiger partial charge < -0.3 is 4.90 Å². The van der Waals surface area contributed by atoms with Crippen LogP contribution in [0.15, 0.2) is 67.0 Å². The smallest absolute Gasteiger partial charge is 0.253 e. The molecule has 122 valence electrons. The lowest BCUT2D eigenvalue weighted by molar-refractivity contribution is 0.0785. The van der Waals surface area contributed by atoms with Crippen LogP contribution >= 0.6 is 11.6 Å². The molecule has 0 fully saturated rings. The minimum Gasteiger partial charge on any atom is -0.337 e. The standard InChI is InChI=1S/C19H18ClN3O/c1-22(19(24)17-7-9-18(20)10-8-17)12-16-11-21-23(14-16)13-15-5-3-2-4-6-15/h2-11,14H,12-13H2,1H3. The molecular formula is C19H18ClN3O. The van der Waals surface area contributed by atoms with Crippen molar-refractivity contribution < 1.29 is 4.79 Å². The molecule has 3 aromatic rings. The van der Waals surface area contributed by atoms with E-state index in [9.17, 15) is 4.79 Å². The predicted molar refractivity (Wildman–Crippen MR) is 95.0 cm³/mol. The van der Waals surface area contributed by atoms with E-state index in [1.54, 1.807) is 42.4 Å². The van der Waals surface area contributed by atoms with Crippen LogP contribution in [0, 0.1) is 0 Å². The molecular weight excluding hydrogens is 322 g/mol. The first kappa shape index (κ1) is 16.3. The summed E-state index contributed by atoms with van der Waals surface area (Å²) in [6.45, 7) is 1.23. The third kappa shape index (κ3) is 4.03. The van der Waals surface area contributed by atoms with Crippen molar-refractivity contribution in [2.75, 3.05) is 7.05 Å². The van der Waals surface area contributed by atoms with Gasteiger partial charge in [-0.05, 0) is 29.8 Å². The van der Waals surface area contributed by atoms with E-state index >= 15 is 0 Å². The molecule has 24 heavy (non-hydrogen) atoms. The first-order valence-electron chi connectivity index (χ1n) is 7.68. The molecule has 0 aliphatic rings. The summed E-state index contributed by atoms with van der Waals surface area (Å²) in [5.41, 5.74) is 2.81. The SMILES string of the molecule is CN(Cc1cnn(Cc2ccccc2)c1)C(=O)c1ccc(Cl)cc1. The maximum Gasteiger partial charge on any atom is 0.253 e. The minimum absolute atomic E-state index is 0.0394. The van der Waals surface area contributed by atoms with Gasteiger partial charge in [0.05, 0.1) is 12.7 Å². The molecule has 4 nitrogen and oxygen atoms in total. The fourth-order valence-electron chi connectivity index (χ4n) is 2.50. The molecule has 0 N–H and O–H groups in total. The van der Waals surface area contributed by atoms with Gasteiger partial charge in [-0.2, -0.15) is 5.10 Å². The van der Waals surface area contributed by atoms with Crippen molar-refractivity contribution in [1.29, 1.82) is 0 Å². The van der Waals surface area contributed by atoms with Gasteiger partial charge in [0.15, 0.2) is 0 Å². The van der Waals surface area contributed by atoms with Crippen molar-refractivity contribution in [2.24, 2.45) is 0 Å². The zero-order valence-electron chi connectivity index (χ0n) is 13.4. The molecule has 0 atom stereocenters. The van der Waals surface area contributed by atoms with Gasteiger partial charge >= 0.3 is 0 Å². The number of nitrogens with zero attached hydrogens (tertiary/aromatic N) is 3. The Hall–Kier alpha value is -2.59. The van der Waals surface area contributed by atoms with Crippen molar-refractivity contribution in [1.82, 2.24) is 14.7 Å². The number of hydrogen-bond donors (Lipinski definition) is 0. The molecule has 1 aromatic heterocycles. The molecule has 3 rings (SSSR count). The van der Waals surface area contributed by atoms with Crippen LogP contribution in [0.5, 0.6) is 0 Å². The van der Waals surface area contributed by atoms with Gasteiger partial charge in [0.25, 0.3) is 5.91 Å². The molecule has 0 unspecified atom stereocenters. The Morgan fingerprint density at radius 1 is 1.08 bits per heavy atom. The number of hydrogen-bond acceptors (Lipinski definition) is 2. The summed E-state index contributed by atoms with van der Waals surface area (Å²) in [7, 11) is 1.78. The first-order valence-corrected chi connectivity index (χ1v) is 8.06. The monoisotopic (exact) mass is 339 g/mol. The molecule has 5 heteroatoms. The summed E-state index contributed by atoms with van der Waals surface area (Å²) in [4.78, 5) is 14.1. The predicted octanol–water partition coefficient (Wildman–Crippen LogP) is 3.86. The lowest BCUT2D eigenvalue weighted by Crippen LogP contribution is -2.25. The average molecular weight is 340 g/mol. The second-order valence-corrected chi connectivity index (χ2v) is 6.14. The zero-order valence-corrected chi connectivity index (χ0v) is 14.1. The van der Waals surface area contributed by atoms with Gasteiger partial charge in [-0.3, -0.25) is 9.48 Å². The van der Waals surface area contributed by atoms with Crippen LogP contribution in [0.25, 0.3) is 0 Å². The topological polar surface area (TPSA) is 38.1 Å². The van der Waals surface area contributed by atoms with Gasteiger partial charge in [-0.25, -0.2) is 0 Å². The summed E-state index contributed by atoms with van der Waals surface area (Å²) in [5, 5.41) is 4.99. The zero-order chi connectivity index (χ0) is 16.9. The number of amides is 1. The first-order chi connectivity index (χ1) is 11.6. The van der Waals surface area contributed by atoms with E-state index < -0.39 is 0 Å². The Labute approximate surface area is 146 Å². The van der Waals surface area contributed by atoms with Crippen molar-refractivity contribution >= 4 is 17.5 Å². The number of aromatic nitrogens is 2. The molecule has 1 heterocycles. The summed E-state index contributed by atoms with van der Waals surface area (Å²) in [6.07, 6.45) is 3.77. The lowest BCUT2D eigenvalue weighted by Gasteiger charge is -2.16. The van der Waals surface area contributed by atoms with Crippen molar-refractivity contribution in [3.63, 3.8) is 0 Å². The summed E-state index contributed by atoms with van der Waals surface area (Å²) < 4.78 is 1.88. The highest BCUT2D eigenvalue weighted by Gasteiger charge is 2.12. The third-order valence-corrected chi connectivity index (χ3v) is 3.98. The Morgan fingerprint density at radius 2 is 1.79 bits per heavy atom. The highest BCUT2D eigenvalue weighted by Crippen LogP contribution is 2.13. The van der Waals surface area contributed by atoms with Crippen LogP contribution in [0.2, 0.25) is 5.02 Å². The molecule has 0 radical (unpaired) electrons. The van der Waals surface area contributed by atoms with E-state index in [1.807, 2.05) is 29.1 Å². The Kier molecular flexibility index (Phi) is 4.96. The lowest BCUT2D eigenvalue weighted by atomic mass is 10.2. The van der Waals surface area contributed by atoms with E-state index in [0.29, 0.717) is 17.1 Å². The van der Waals surface area contributed by atoms with Gasteiger partial charge in [0.2, 0.25) is 0 Å². The van der Waals surface area contributed by atoms with Crippen LogP contribution in [0.4, 0.5) is 0 Å². The van der Waals surface area contributed by atoms with Crippen molar-refractivity contribution in [3.05, 3.63) is 88.7 Å². The summed E-state index contributed by atoms with van der Waals surface area (Å²) in [6, 6.07) is 17.1. The van der Waals surface area contributed by atoms with E-state index in [2.05, 4.69) is 17.2 Å². The van der Waals surface area contributed by atoms with Gasteiger partial charge in [0, 0.05) is 35.9 Å². The number of rotatable bonds is 5. The van der Waals surface area contributed by atoms with Crippen LogP contribution in [0.3, 0.4) is 0 Å². The van der Waals surface area contributed by atoms with Crippen molar-refractivity contribution in [3.8, 4) is 0 Å². The summed E-state index contributed by atoms with van der Waals surface area (Å²) >= 11 is 5.86. The van der Waals surface area contributed by atoms with Gasteiger partial charge in [-0.15, -0.1) is 0 Å². The molecule has 0 saturated heterocycles. The van der Waals surface area contributed by atoms with E-state index in [1.165, 1.54) is 5.56 Å². The second-order valence-electron chi connectivity index (χ2n) is 5.70. The number of carbonyl (C=O) groups excluding carboxylic acids is 1. The van der Waals surface area contributed by atoms with Crippen LogP contribution in [-0.2, 0) is 13.1 Å². The number of halogens is 1. The van der Waals surface area contributed by atoms with Crippen LogP contribution in [-0.4, -0.2) is 27.6 Å². The Morgan fingerprint density at radius 3 is 2.50 bits per heavy atom. The number of benzene rings is 2. The fourth-order valence-corrected chi connectivity index (χ4v) is 2.63. The van der Waals surface area contributed by atoms with Crippen LogP contribution < -0.4 is 0 Å². The number of carbonyl (C=O) groups is 1. The Bertz CT molecular complexity index is 812. The molecule has 0 aliphatic carbocycles. The molecule has 0 bridgehead atoms.